The molecule has 0 aromatic heterocycles. The number of aryl methyl sites for hydroxylation is 2. The first-order valence-electron chi connectivity index (χ1n) is 7.79. The number of amides is 2. The van der Waals surface area contributed by atoms with Crippen LogP contribution in [0.2, 0.25) is 0 Å². The molecule has 4 nitrogen and oxygen atoms in total. The van der Waals surface area contributed by atoms with Crippen molar-refractivity contribution in [3.63, 3.8) is 0 Å². The van der Waals surface area contributed by atoms with Crippen molar-refractivity contribution >= 4 is 6.03 Å². The summed E-state index contributed by atoms with van der Waals surface area (Å²) in [5.41, 5.74) is 3.43. The summed E-state index contributed by atoms with van der Waals surface area (Å²) in [7, 11) is 1.79. The Morgan fingerprint density at radius 2 is 1.87 bits per heavy atom. The maximum atomic E-state index is 12.0. The third-order valence-electron chi connectivity index (χ3n) is 3.58. The standard InChI is InChI=1S/C19H24N2O2/c1-15-9-10-18(16(2)13-15)23-12-11-20-19(22)21(3)14-17-7-5-4-6-8-17/h4-10,13H,11-12,14H2,1-3H3,(H,20,22). The van der Waals surface area contributed by atoms with E-state index in [9.17, 15) is 4.79 Å². The highest BCUT2D eigenvalue weighted by Gasteiger charge is 2.08. The molecular weight excluding hydrogens is 288 g/mol. The first-order valence-corrected chi connectivity index (χ1v) is 7.79. The zero-order valence-corrected chi connectivity index (χ0v) is 14.0. The van der Waals surface area contributed by atoms with Gasteiger partial charge in [0.15, 0.2) is 0 Å². The van der Waals surface area contributed by atoms with Crippen LogP contribution in [0.25, 0.3) is 0 Å². The quantitative estimate of drug-likeness (QED) is 0.829. The van der Waals surface area contributed by atoms with Gasteiger partial charge < -0.3 is 15.0 Å². The SMILES string of the molecule is Cc1ccc(OCCNC(=O)N(C)Cc2ccccc2)c(C)c1. The molecule has 0 radical (unpaired) electrons. The molecule has 1 N–H and O–H groups in total. The molecule has 23 heavy (non-hydrogen) atoms. The van der Waals surface area contributed by atoms with Crippen LogP contribution >= 0.6 is 0 Å². The third-order valence-corrected chi connectivity index (χ3v) is 3.58. The zero-order valence-electron chi connectivity index (χ0n) is 14.0. The highest BCUT2D eigenvalue weighted by atomic mass is 16.5. The second kappa shape index (κ2) is 8.22. The second-order valence-corrected chi connectivity index (χ2v) is 5.69. The molecule has 0 atom stereocenters. The van der Waals surface area contributed by atoms with E-state index >= 15 is 0 Å². The van der Waals surface area contributed by atoms with Crippen molar-refractivity contribution in [2.75, 3.05) is 20.2 Å². The van der Waals surface area contributed by atoms with Gasteiger partial charge in [-0.2, -0.15) is 0 Å². The lowest BCUT2D eigenvalue weighted by molar-refractivity contribution is 0.203. The summed E-state index contributed by atoms with van der Waals surface area (Å²) in [5.74, 6) is 0.863. The molecule has 2 aromatic rings. The maximum Gasteiger partial charge on any atom is 0.317 e. The van der Waals surface area contributed by atoms with E-state index in [4.69, 9.17) is 4.74 Å². The molecule has 0 spiro atoms. The molecule has 2 amide bonds. The lowest BCUT2D eigenvalue weighted by Crippen LogP contribution is -2.38. The summed E-state index contributed by atoms with van der Waals surface area (Å²) < 4.78 is 5.71. The molecule has 0 saturated heterocycles. The summed E-state index contributed by atoms with van der Waals surface area (Å²) in [4.78, 5) is 13.7. The molecule has 0 aliphatic carbocycles. The highest BCUT2D eigenvalue weighted by Crippen LogP contribution is 2.18. The summed E-state index contributed by atoms with van der Waals surface area (Å²) in [5, 5.41) is 2.87. The number of hydrogen-bond donors (Lipinski definition) is 1. The molecule has 4 heteroatoms. The Balaban J connectivity index is 1.72. The number of benzene rings is 2. The van der Waals surface area contributed by atoms with E-state index in [0.29, 0.717) is 19.7 Å². The van der Waals surface area contributed by atoms with E-state index < -0.39 is 0 Å². The van der Waals surface area contributed by atoms with Crippen LogP contribution in [0, 0.1) is 13.8 Å². The average Bonchev–Trinajstić information content (AvgIpc) is 2.54. The molecule has 0 unspecified atom stereocenters. The van der Waals surface area contributed by atoms with Gasteiger partial charge in [-0.1, -0.05) is 48.0 Å². The lowest BCUT2D eigenvalue weighted by Gasteiger charge is -2.18. The van der Waals surface area contributed by atoms with E-state index in [1.165, 1.54) is 5.56 Å². The molecule has 0 aliphatic rings. The molecule has 2 aromatic carbocycles. The number of rotatable bonds is 6. The minimum atomic E-state index is -0.0990. The number of carbonyl (C=O) groups is 1. The number of ether oxygens (including phenoxy) is 1. The Morgan fingerprint density at radius 3 is 2.57 bits per heavy atom. The summed E-state index contributed by atoms with van der Waals surface area (Å²) in [6.07, 6.45) is 0. The van der Waals surface area contributed by atoms with Crippen LogP contribution < -0.4 is 10.1 Å². The number of carbonyl (C=O) groups excluding carboxylic acids is 1. The highest BCUT2D eigenvalue weighted by molar-refractivity contribution is 5.73. The molecule has 0 saturated carbocycles. The maximum absolute atomic E-state index is 12.0. The Kier molecular flexibility index (Phi) is 6.03. The summed E-state index contributed by atoms with van der Waals surface area (Å²) in [6, 6.07) is 15.9. The van der Waals surface area contributed by atoms with Crippen molar-refractivity contribution in [2.24, 2.45) is 0 Å². The Labute approximate surface area is 138 Å². The lowest BCUT2D eigenvalue weighted by atomic mass is 10.1. The second-order valence-electron chi connectivity index (χ2n) is 5.69. The fourth-order valence-corrected chi connectivity index (χ4v) is 2.34. The van der Waals surface area contributed by atoms with Crippen molar-refractivity contribution in [3.8, 4) is 5.75 Å². The number of nitrogens with one attached hydrogen (secondary N) is 1. The first-order chi connectivity index (χ1) is 11.1. The van der Waals surface area contributed by atoms with Crippen molar-refractivity contribution in [3.05, 3.63) is 65.2 Å². The molecule has 0 fully saturated rings. The Hall–Kier alpha value is -2.49. The molecule has 0 heterocycles. The van der Waals surface area contributed by atoms with Gasteiger partial charge in [0.25, 0.3) is 0 Å². The average molecular weight is 312 g/mol. The number of nitrogens with zero attached hydrogens (tertiary/aromatic N) is 1. The van der Waals surface area contributed by atoms with Gasteiger partial charge in [0.2, 0.25) is 0 Å². The summed E-state index contributed by atoms with van der Waals surface area (Å²) in [6.45, 7) is 5.60. The molecular formula is C19H24N2O2. The fourth-order valence-electron chi connectivity index (χ4n) is 2.34. The van der Waals surface area contributed by atoms with E-state index in [0.717, 1.165) is 16.9 Å². The van der Waals surface area contributed by atoms with Gasteiger partial charge in [-0.05, 0) is 31.0 Å². The third kappa shape index (κ3) is 5.33. The normalized spacial score (nSPS) is 10.2. The van der Waals surface area contributed by atoms with Gasteiger partial charge in [-0.15, -0.1) is 0 Å². The van der Waals surface area contributed by atoms with Crippen molar-refractivity contribution < 1.29 is 9.53 Å². The van der Waals surface area contributed by atoms with Crippen molar-refractivity contribution in [1.29, 1.82) is 0 Å². The van der Waals surface area contributed by atoms with Crippen LogP contribution in [-0.4, -0.2) is 31.1 Å². The van der Waals surface area contributed by atoms with Gasteiger partial charge in [-0.3, -0.25) is 0 Å². The Bertz CT molecular complexity index is 641. The van der Waals surface area contributed by atoms with Gasteiger partial charge in [0.05, 0.1) is 6.54 Å². The van der Waals surface area contributed by atoms with Crippen LogP contribution in [0.3, 0.4) is 0 Å². The van der Waals surface area contributed by atoms with Crippen LogP contribution in [0.1, 0.15) is 16.7 Å². The molecule has 122 valence electrons. The topological polar surface area (TPSA) is 41.6 Å². The molecule has 0 bridgehead atoms. The van der Waals surface area contributed by atoms with E-state index in [1.807, 2.05) is 49.4 Å². The minimum absolute atomic E-state index is 0.0990. The molecule has 0 aliphatic heterocycles. The van der Waals surface area contributed by atoms with Crippen LogP contribution in [0.15, 0.2) is 48.5 Å². The monoisotopic (exact) mass is 312 g/mol. The van der Waals surface area contributed by atoms with Crippen molar-refractivity contribution in [1.82, 2.24) is 10.2 Å². The summed E-state index contributed by atoms with van der Waals surface area (Å²) >= 11 is 0. The molecule has 2 rings (SSSR count). The van der Waals surface area contributed by atoms with E-state index in [1.54, 1.807) is 11.9 Å². The van der Waals surface area contributed by atoms with Gasteiger partial charge in [-0.25, -0.2) is 4.79 Å². The van der Waals surface area contributed by atoms with E-state index in [-0.39, 0.29) is 6.03 Å². The Morgan fingerprint density at radius 1 is 1.13 bits per heavy atom. The smallest absolute Gasteiger partial charge is 0.317 e. The van der Waals surface area contributed by atoms with Gasteiger partial charge in [0, 0.05) is 13.6 Å². The largest absolute Gasteiger partial charge is 0.491 e. The van der Waals surface area contributed by atoms with E-state index in [2.05, 4.69) is 18.3 Å². The minimum Gasteiger partial charge on any atom is -0.491 e. The van der Waals surface area contributed by atoms with Gasteiger partial charge in [0.1, 0.15) is 12.4 Å². The van der Waals surface area contributed by atoms with Crippen LogP contribution in [0.5, 0.6) is 5.75 Å². The predicted octanol–water partition coefficient (Wildman–Crippen LogP) is 3.52. The zero-order chi connectivity index (χ0) is 16.7. The number of urea groups is 1. The van der Waals surface area contributed by atoms with Crippen LogP contribution in [0.4, 0.5) is 4.79 Å². The first kappa shape index (κ1) is 16.9. The van der Waals surface area contributed by atoms with Crippen LogP contribution in [-0.2, 0) is 6.54 Å². The number of hydrogen-bond acceptors (Lipinski definition) is 2. The predicted molar refractivity (Wildman–Crippen MR) is 92.7 cm³/mol. The van der Waals surface area contributed by atoms with Gasteiger partial charge >= 0.3 is 6.03 Å². The van der Waals surface area contributed by atoms with Crippen molar-refractivity contribution in [2.45, 2.75) is 20.4 Å². The fraction of sp³-hybridized carbons (Fsp3) is 0.316.